The van der Waals surface area contributed by atoms with Gasteiger partial charge in [-0.3, -0.25) is 9.48 Å². The third-order valence-corrected chi connectivity index (χ3v) is 3.79. The van der Waals surface area contributed by atoms with Crippen molar-refractivity contribution in [3.05, 3.63) is 33.9 Å². The van der Waals surface area contributed by atoms with Gasteiger partial charge in [-0.2, -0.15) is 5.10 Å². The number of carboxylic acid groups (broad SMARTS) is 1. The minimum absolute atomic E-state index is 0.0351. The molecular formula is C14H15BrN2O3. The number of aliphatic carboxylic acids is 1. The Hall–Kier alpha value is -1.82. The highest BCUT2D eigenvalue weighted by atomic mass is 79.9. The van der Waals surface area contributed by atoms with E-state index < -0.39 is 5.97 Å². The molecule has 6 heteroatoms. The molecule has 0 unspecified atom stereocenters. The van der Waals surface area contributed by atoms with Crippen molar-refractivity contribution in [1.29, 1.82) is 0 Å². The molecule has 0 amide bonds. The summed E-state index contributed by atoms with van der Waals surface area (Å²) in [6.45, 7) is 1.89. The Kier molecular flexibility index (Phi) is 4.13. The third-order valence-electron chi connectivity index (χ3n) is 3.17. The summed E-state index contributed by atoms with van der Waals surface area (Å²) in [4.78, 5) is 10.9. The molecule has 0 atom stereocenters. The molecule has 2 rings (SSSR count). The van der Waals surface area contributed by atoms with Crippen LogP contribution in [0.3, 0.4) is 0 Å². The topological polar surface area (TPSA) is 64.4 Å². The first-order valence-corrected chi connectivity index (χ1v) is 6.81. The van der Waals surface area contributed by atoms with E-state index in [1.807, 2.05) is 25.1 Å². The maximum atomic E-state index is 10.9. The van der Waals surface area contributed by atoms with Crippen LogP contribution < -0.4 is 4.74 Å². The molecule has 2 aromatic rings. The lowest BCUT2D eigenvalue weighted by Crippen LogP contribution is -2.06. The Bertz CT molecular complexity index is 665. The minimum atomic E-state index is -0.862. The molecule has 0 aliphatic heterocycles. The summed E-state index contributed by atoms with van der Waals surface area (Å²) in [6, 6.07) is 5.67. The van der Waals surface area contributed by atoms with Crippen molar-refractivity contribution in [2.75, 3.05) is 7.11 Å². The summed E-state index contributed by atoms with van der Waals surface area (Å²) in [5.41, 5.74) is 3.29. The molecule has 20 heavy (non-hydrogen) atoms. The van der Waals surface area contributed by atoms with E-state index in [0.717, 1.165) is 27.0 Å². The molecule has 106 valence electrons. The van der Waals surface area contributed by atoms with Crippen LogP contribution in [0.2, 0.25) is 0 Å². The van der Waals surface area contributed by atoms with Crippen LogP contribution in [-0.4, -0.2) is 28.0 Å². The number of halogens is 1. The van der Waals surface area contributed by atoms with E-state index in [0.29, 0.717) is 5.69 Å². The van der Waals surface area contributed by atoms with Gasteiger partial charge in [0.25, 0.3) is 0 Å². The number of carbonyl (C=O) groups is 1. The fourth-order valence-electron chi connectivity index (χ4n) is 2.14. The maximum Gasteiger partial charge on any atom is 0.309 e. The Labute approximate surface area is 125 Å². The summed E-state index contributed by atoms with van der Waals surface area (Å²) >= 11 is 3.44. The van der Waals surface area contributed by atoms with Crippen molar-refractivity contribution in [3.63, 3.8) is 0 Å². The highest BCUT2D eigenvalue weighted by molar-refractivity contribution is 9.10. The van der Waals surface area contributed by atoms with Crippen molar-refractivity contribution >= 4 is 21.9 Å². The van der Waals surface area contributed by atoms with Gasteiger partial charge in [0.2, 0.25) is 0 Å². The lowest BCUT2D eigenvalue weighted by Gasteiger charge is -2.05. The van der Waals surface area contributed by atoms with Gasteiger partial charge in [0.15, 0.2) is 0 Å². The average molecular weight is 339 g/mol. The van der Waals surface area contributed by atoms with Crippen molar-refractivity contribution < 1.29 is 14.6 Å². The fraction of sp³-hybridized carbons (Fsp3) is 0.286. The lowest BCUT2D eigenvalue weighted by atomic mass is 10.1. The number of hydrogen-bond donors (Lipinski definition) is 1. The Morgan fingerprint density at radius 2 is 2.20 bits per heavy atom. The number of carboxylic acids is 1. The molecule has 0 saturated carbocycles. The molecular weight excluding hydrogens is 324 g/mol. The number of hydrogen-bond acceptors (Lipinski definition) is 3. The summed E-state index contributed by atoms with van der Waals surface area (Å²) < 4.78 is 7.65. The smallest absolute Gasteiger partial charge is 0.309 e. The number of nitrogens with zero attached hydrogens (tertiary/aromatic N) is 2. The normalized spacial score (nSPS) is 10.6. The first kappa shape index (κ1) is 14.6. The first-order valence-electron chi connectivity index (χ1n) is 6.02. The Balaban J connectivity index is 2.48. The maximum absolute atomic E-state index is 10.9. The molecule has 0 fully saturated rings. The molecule has 0 aliphatic carbocycles. The van der Waals surface area contributed by atoms with Gasteiger partial charge in [-0.05, 0) is 46.6 Å². The van der Waals surface area contributed by atoms with Crippen LogP contribution in [-0.2, 0) is 18.3 Å². The quantitative estimate of drug-likeness (QED) is 0.930. The molecule has 5 nitrogen and oxygen atoms in total. The highest BCUT2D eigenvalue weighted by Crippen LogP contribution is 2.32. The van der Waals surface area contributed by atoms with Gasteiger partial charge < -0.3 is 9.84 Å². The number of aromatic nitrogens is 2. The zero-order chi connectivity index (χ0) is 14.9. The van der Waals surface area contributed by atoms with Gasteiger partial charge in [0.1, 0.15) is 5.75 Å². The fourth-order valence-corrected chi connectivity index (χ4v) is 2.68. The zero-order valence-corrected chi connectivity index (χ0v) is 13.1. The van der Waals surface area contributed by atoms with Gasteiger partial charge in [-0.15, -0.1) is 0 Å². The number of rotatable bonds is 4. The summed E-state index contributed by atoms with van der Waals surface area (Å²) in [7, 11) is 3.37. The third kappa shape index (κ3) is 2.70. The molecule has 1 aromatic heterocycles. The average Bonchev–Trinajstić information content (AvgIpc) is 2.66. The molecule has 0 aliphatic rings. The minimum Gasteiger partial charge on any atom is -0.496 e. The van der Waals surface area contributed by atoms with E-state index in [-0.39, 0.29) is 6.42 Å². The summed E-state index contributed by atoms with van der Waals surface area (Å²) in [6.07, 6.45) is -0.0351. The monoisotopic (exact) mass is 338 g/mol. The van der Waals surface area contributed by atoms with Crippen molar-refractivity contribution in [2.24, 2.45) is 7.05 Å². The van der Waals surface area contributed by atoms with Crippen molar-refractivity contribution in [1.82, 2.24) is 9.78 Å². The SMILES string of the molecule is COc1ccc(-c2nn(C)c(CC(=O)O)c2C)cc1Br. The van der Waals surface area contributed by atoms with E-state index in [4.69, 9.17) is 9.84 Å². The van der Waals surface area contributed by atoms with Gasteiger partial charge in [-0.1, -0.05) is 0 Å². The number of methoxy groups -OCH3 is 1. The number of ether oxygens (including phenoxy) is 1. The number of aryl methyl sites for hydroxylation is 1. The second-order valence-electron chi connectivity index (χ2n) is 4.46. The van der Waals surface area contributed by atoms with Gasteiger partial charge in [0.05, 0.1) is 29.4 Å². The largest absolute Gasteiger partial charge is 0.496 e. The van der Waals surface area contributed by atoms with Gasteiger partial charge in [-0.25, -0.2) is 0 Å². The van der Waals surface area contributed by atoms with E-state index in [2.05, 4.69) is 21.0 Å². The van der Waals surface area contributed by atoms with Crippen LogP contribution in [0.25, 0.3) is 11.3 Å². The molecule has 0 radical (unpaired) electrons. The zero-order valence-electron chi connectivity index (χ0n) is 11.5. The highest BCUT2D eigenvalue weighted by Gasteiger charge is 2.16. The Morgan fingerprint density at radius 1 is 1.50 bits per heavy atom. The predicted molar refractivity (Wildman–Crippen MR) is 79.0 cm³/mol. The van der Waals surface area contributed by atoms with Crippen LogP contribution in [0.1, 0.15) is 11.3 Å². The first-order chi connectivity index (χ1) is 9.43. The molecule has 0 spiro atoms. The molecule has 1 heterocycles. The van der Waals surface area contributed by atoms with Crippen LogP contribution in [0.4, 0.5) is 0 Å². The number of benzene rings is 1. The van der Waals surface area contributed by atoms with Crippen LogP contribution >= 0.6 is 15.9 Å². The second-order valence-corrected chi connectivity index (χ2v) is 5.32. The molecule has 1 N–H and O–H groups in total. The van der Waals surface area contributed by atoms with E-state index >= 15 is 0 Å². The predicted octanol–water partition coefficient (Wildman–Crippen LogP) is 2.79. The molecule has 0 bridgehead atoms. The molecule has 1 aromatic carbocycles. The second kappa shape index (κ2) is 5.66. The van der Waals surface area contributed by atoms with Crippen LogP contribution in [0, 0.1) is 6.92 Å². The van der Waals surface area contributed by atoms with E-state index in [1.165, 1.54) is 0 Å². The van der Waals surface area contributed by atoms with E-state index in [1.54, 1.807) is 18.8 Å². The Morgan fingerprint density at radius 3 is 2.75 bits per heavy atom. The molecule has 0 saturated heterocycles. The van der Waals surface area contributed by atoms with Crippen LogP contribution in [0.5, 0.6) is 5.75 Å². The van der Waals surface area contributed by atoms with Crippen molar-refractivity contribution in [3.8, 4) is 17.0 Å². The van der Waals surface area contributed by atoms with E-state index in [9.17, 15) is 4.79 Å². The van der Waals surface area contributed by atoms with Crippen molar-refractivity contribution in [2.45, 2.75) is 13.3 Å². The standard InChI is InChI=1S/C14H15BrN2O3/c1-8-11(7-13(18)19)17(2)16-14(8)9-4-5-12(20-3)10(15)6-9/h4-6H,7H2,1-3H3,(H,18,19). The summed E-state index contributed by atoms with van der Waals surface area (Å²) in [5, 5.41) is 13.4. The lowest BCUT2D eigenvalue weighted by molar-refractivity contribution is -0.136. The summed E-state index contributed by atoms with van der Waals surface area (Å²) in [5.74, 6) is -0.119. The van der Waals surface area contributed by atoms with Gasteiger partial charge >= 0.3 is 5.97 Å². The van der Waals surface area contributed by atoms with Crippen LogP contribution in [0.15, 0.2) is 22.7 Å². The van der Waals surface area contributed by atoms with Gasteiger partial charge in [0, 0.05) is 12.6 Å².